The maximum Gasteiger partial charge on any atom is 0.339 e. The maximum atomic E-state index is 11.2. The Morgan fingerprint density at radius 1 is 1.52 bits per heavy atom. The number of morpholine rings is 1. The SMILES string of the molecule is CCN1CCOC(COc2cc(OC)ccc2C(=O)O)C1. The summed E-state index contributed by atoms with van der Waals surface area (Å²) in [4.78, 5) is 13.5. The van der Waals surface area contributed by atoms with Crippen LogP contribution in [0.4, 0.5) is 0 Å². The first-order valence-electron chi connectivity index (χ1n) is 7.02. The lowest BCUT2D eigenvalue weighted by atomic mass is 10.2. The van der Waals surface area contributed by atoms with Gasteiger partial charge in [0.2, 0.25) is 0 Å². The monoisotopic (exact) mass is 295 g/mol. The lowest BCUT2D eigenvalue weighted by molar-refractivity contribution is -0.0465. The van der Waals surface area contributed by atoms with E-state index >= 15 is 0 Å². The number of methoxy groups -OCH3 is 1. The van der Waals surface area contributed by atoms with Gasteiger partial charge in [0.15, 0.2) is 0 Å². The number of carboxylic acid groups (broad SMARTS) is 1. The normalized spacial score (nSPS) is 19.2. The van der Waals surface area contributed by atoms with Crippen molar-refractivity contribution in [3.8, 4) is 11.5 Å². The molecule has 1 N–H and O–H groups in total. The van der Waals surface area contributed by atoms with Gasteiger partial charge in [-0.1, -0.05) is 6.92 Å². The average molecular weight is 295 g/mol. The van der Waals surface area contributed by atoms with Crippen LogP contribution in [0.3, 0.4) is 0 Å². The van der Waals surface area contributed by atoms with E-state index in [1.54, 1.807) is 12.1 Å². The Hall–Kier alpha value is -1.79. The van der Waals surface area contributed by atoms with Gasteiger partial charge in [-0.3, -0.25) is 4.90 Å². The van der Waals surface area contributed by atoms with Gasteiger partial charge in [-0.25, -0.2) is 4.79 Å². The second kappa shape index (κ2) is 7.28. The van der Waals surface area contributed by atoms with Crippen LogP contribution in [-0.2, 0) is 4.74 Å². The topological polar surface area (TPSA) is 68.2 Å². The van der Waals surface area contributed by atoms with Gasteiger partial charge in [-0.2, -0.15) is 0 Å². The van der Waals surface area contributed by atoms with Crippen molar-refractivity contribution in [3.63, 3.8) is 0 Å². The molecule has 0 aliphatic carbocycles. The van der Waals surface area contributed by atoms with Crippen molar-refractivity contribution in [2.45, 2.75) is 13.0 Å². The molecule has 2 rings (SSSR count). The van der Waals surface area contributed by atoms with Crippen molar-refractivity contribution in [1.82, 2.24) is 4.90 Å². The number of ether oxygens (including phenoxy) is 3. The smallest absolute Gasteiger partial charge is 0.339 e. The molecule has 0 aromatic heterocycles. The molecule has 1 heterocycles. The van der Waals surface area contributed by atoms with E-state index in [4.69, 9.17) is 14.2 Å². The molecule has 1 unspecified atom stereocenters. The molecular weight excluding hydrogens is 274 g/mol. The summed E-state index contributed by atoms with van der Waals surface area (Å²) in [5, 5.41) is 9.19. The molecule has 0 radical (unpaired) electrons. The van der Waals surface area contributed by atoms with Crippen LogP contribution in [0.2, 0.25) is 0 Å². The molecule has 1 fully saturated rings. The molecule has 0 amide bonds. The number of hydrogen-bond acceptors (Lipinski definition) is 5. The number of likely N-dealkylation sites (N-methyl/N-ethyl adjacent to an activating group) is 1. The highest BCUT2D eigenvalue weighted by atomic mass is 16.5. The summed E-state index contributed by atoms with van der Waals surface area (Å²) in [6, 6.07) is 4.67. The first-order valence-corrected chi connectivity index (χ1v) is 7.02. The van der Waals surface area contributed by atoms with E-state index in [2.05, 4.69) is 11.8 Å². The first kappa shape index (κ1) is 15.6. The summed E-state index contributed by atoms with van der Waals surface area (Å²) in [6.45, 7) is 5.79. The zero-order valence-electron chi connectivity index (χ0n) is 12.4. The average Bonchev–Trinajstić information content (AvgIpc) is 2.52. The van der Waals surface area contributed by atoms with Gasteiger partial charge in [-0.05, 0) is 18.7 Å². The fraction of sp³-hybridized carbons (Fsp3) is 0.533. The van der Waals surface area contributed by atoms with Crippen molar-refractivity contribution in [2.75, 3.05) is 40.0 Å². The Kier molecular flexibility index (Phi) is 5.41. The van der Waals surface area contributed by atoms with Crippen LogP contribution < -0.4 is 9.47 Å². The number of aromatic carboxylic acids is 1. The highest BCUT2D eigenvalue weighted by molar-refractivity contribution is 5.91. The molecule has 0 bridgehead atoms. The quantitative estimate of drug-likeness (QED) is 0.857. The van der Waals surface area contributed by atoms with Crippen LogP contribution in [0, 0.1) is 0 Å². The molecule has 0 saturated carbocycles. The number of rotatable bonds is 6. The first-order chi connectivity index (χ1) is 10.1. The minimum Gasteiger partial charge on any atom is -0.497 e. The largest absolute Gasteiger partial charge is 0.497 e. The van der Waals surface area contributed by atoms with Gasteiger partial charge in [0.05, 0.1) is 13.7 Å². The summed E-state index contributed by atoms with van der Waals surface area (Å²) in [6.07, 6.45) is -0.0495. The Morgan fingerprint density at radius 3 is 3.00 bits per heavy atom. The molecule has 1 aliphatic rings. The Bertz CT molecular complexity index is 491. The molecule has 0 spiro atoms. The van der Waals surface area contributed by atoms with E-state index < -0.39 is 5.97 Å². The summed E-state index contributed by atoms with van der Waals surface area (Å²) in [5.41, 5.74) is 0.124. The lowest BCUT2D eigenvalue weighted by Crippen LogP contribution is -2.44. The van der Waals surface area contributed by atoms with Gasteiger partial charge in [0.1, 0.15) is 29.8 Å². The van der Waals surface area contributed by atoms with Gasteiger partial charge >= 0.3 is 5.97 Å². The van der Waals surface area contributed by atoms with Crippen LogP contribution in [0.5, 0.6) is 11.5 Å². The number of carbonyl (C=O) groups is 1. The Labute approximate surface area is 124 Å². The molecule has 6 nitrogen and oxygen atoms in total. The zero-order chi connectivity index (χ0) is 15.2. The number of hydrogen-bond donors (Lipinski definition) is 1. The van der Waals surface area contributed by atoms with Crippen LogP contribution >= 0.6 is 0 Å². The second-order valence-corrected chi connectivity index (χ2v) is 4.86. The van der Waals surface area contributed by atoms with Gasteiger partial charge in [0.25, 0.3) is 0 Å². The number of benzene rings is 1. The van der Waals surface area contributed by atoms with E-state index in [1.807, 2.05) is 0 Å². The molecular formula is C15H21NO5. The third-order valence-electron chi connectivity index (χ3n) is 3.51. The third kappa shape index (κ3) is 4.09. The highest BCUT2D eigenvalue weighted by Gasteiger charge is 2.21. The molecule has 1 atom stereocenters. The van der Waals surface area contributed by atoms with E-state index in [9.17, 15) is 9.90 Å². The van der Waals surface area contributed by atoms with Gasteiger partial charge in [0, 0.05) is 19.2 Å². The molecule has 1 aromatic rings. The van der Waals surface area contributed by atoms with Gasteiger partial charge < -0.3 is 19.3 Å². The van der Waals surface area contributed by atoms with E-state index in [-0.39, 0.29) is 11.7 Å². The van der Waals surface area contributed by atoms with Crippen LogP contribution in [-0.4, -0.2) is 62.0 Å². The van der Waals surface area contributed by atoms with Crippen molar-refractivity contribution < 1.29 is 24.1 Å². The summed E-state index contributed by atoms with van der Waals surface area (Å²) < 4.78 is 16.4. The minimum absolute atomic E-state index is 0.0495. The van der Waals surface area contributed by atoms with E-state index in [1.165, 1.54) is 13.2 Å². The highest BCUT2D eigenvalue weighted by Crippen LogP contribution is 2.25. The maximum absolute atomic E-state index is 11.2. The predicted molar refractivity (Wildman–Crippen MR) is 77.3 cm³/mol. The van der Waals surface area contributed by atoms with Crippen LogP contribution in [0.25, 0.3) is 0 Å². The van der Waals surface area contributed by atoms with E-state index in [0.717, 1.165) is 19.6 Å². The minimum atomic E-state index is -1.02. The second-order valence-electron chi connectivity index (χ2n) is 4.86. The Balaban J connectivity index is 2.02. The van der Waals surface area contributed by atoms with Crippen molar-refractivity contribution >= 4 is 5.97 Å². The fourth-order valence-corrected chi connectivity index (χ4v) is 2.28. The van der Waals surface area contributed by atoms with E-state index in [0.29, 0.717) is 24.7 Å². The molecule has 6 heteroatoms. The Morgan fingerprint density at radius 2 is 2.33 bits per heavy atom. The number of nitrogens with zero attached hydrogens (tertiary/aromatic N) is 1. The standard InChI is InChI=1S/C15H21NO5/c1-3-16-6-7-20-12(9-16)10-21-14-8-11(19-2)4-5-13(14)15(17)18/h4-5,8,12H,3,6-7,9-10H2,1-2H3,(H,17,18). The summed E-state index contributed by atoms with van der Waals surface area (Å²) in [7, 11) is 1.53. The van der Waals surface area contributed by atoms with Crippen molar-refractivity contribution in [2.24, 2.45) is 0 Å². The third-order valence-corrected chi connectivity index (χ3v) is 3.51. The summed E-state index contributed by atoms with van der Waals surface area (Å²) >= 11 is 0. The predicted octanol–water partition coefficient (Wildman–Crippen LogP) is 1.49. The molecule has 116 valence electrons. The molecule has 1 aliphatic heterocycles. The zero-order valence-corrected chi connectivity index (χ0v) is 12.4. The van der Waals surface area contributed by atoms with Crippen molar-refractivity contribution in [1.29, 1.82) is 0 Å². The number of carboxylic acids is 1. The lowest BCUT2D eigenvalue weighted by Gasteiger charge is -2.31. The van der Waals surface area contributed by atoms with Crippen LogP contribution in [0.1, 0.15) is 17.3 Å². The summed E-state index contributed by atoms with van der Waals surface area (Å²) in [5.74, 6) is -0.152. The molecule has 1 aromatic carbocycles. The molecule has 21 heavy (non-hydrogen) atoms. The molecule has 1 saturated heterocycles. The van der Waals surface area contributed by atoms with Gasteiger partial charge in [-0.15, -0.1) is 0 Å². The fourth-order valence-electron chi connectivity index (χ4n) is 2.28. The van der Waals surface area contributed by atoms with Crippen LogP contribution in [0.15, 0.2) is 18.2 Å². The van der Waals surface area contributed by atoms with Crippen molar-refractivity contribution in [3.05, 3.63) is 23.8 Å².